The molecule has 19 heteroatoms. The number of aromatic nitrogens is 1. The van der Waals surface area contributed by atoms with Crippen LogP contribution in [0.15, 0.2) is 59.5 Å². The normalized spacial score (nSPS) is 16.6. The number of ether oxygens (including phenoxy) is 1. The van der Waals surface area contributed by atoms with Crippen molar-refractivity contribution in [3.05, 3.63) is 65.9 Å². The zero-order chi connectivity index (χ0) is 39.7. The van der Waals surface area contributed by atoms with Crippen LogP contribution < -0.4 is 10.2 Å². The molecular formula is C33H39F6N3O9S. The van der Waals surface area contributed by atoms with Crippen LogP contribution in [0.1, 0.15) is 44.9 Å². The molecule has 1 saturated heterocycles. The van der Waals surface area contributed by atoms with Crippen LogP contribution >= 0.6 is 0 Å². The predicted molar refractivity (Wildman–Crippen MR) is 174 cm³/mol. The Bertz CT molecular complexity index is 1790. The standard InChI is InChI=1S/C29H37N3O5S.2C2HF3O2/c1-21-15-22(25-7-5-6-8-26(25)30-21)17-37-23-9-11-24(12-10-23)38(35,36)20-29(16-27(33)31-34)13-14-32(19-29)18-28(2,3)4;2*3-2(4,5)1(6)7/h5-12,15,34H,13-14,16-20H2,1-4H3,(H,31,33);2*(H,6,7). The first-order valence-electron chi connectivity index (χ1n) is 15.3. The fourth-order valence-corrected chi connectivity index (χ4v) is 7.29. The van der Waals surface area contributed by atoms with Crippen LogP contribution in [-0.2, 0) is 30.8 Å². The first-order valence-corrected chi connectivity index (χ1v) is 17.0. The Morgan fingerprint density at radius 3 is 1.98 bits per heavy atom. The molecule has 12 nitrogen and oxygen atoms in total. The van der Waals surface area contributed by atoms with Gasteiger partial charge in [0.25, 0.3) is 0 Å². The number of para-hydroxylation sites is 1. The van der Waals surface area contributed by atoms with Gasteiger partial charge in [-0.3, -0.25) is 15.0 Å². The number of benzene rings is 2. The van der Waals surface area contributed by atoms with Crippen LogP contribution in [0.3, 0.4) is 0 Å². The smallest absolute Gasteiger partial charge is 0.489 e. The molecule has 1 amide bonds. The average Bonchev–Trinajstić information content (AvgIpc) is 3.38. The van der Waals surface area contributed by atoms with Crippen molar-refractivity contribution in [3.63, 3.8) is 0 Å². The Kier molecular flexibility index (Phi) is 14.6. The summed E-state index contributed by atoms with van der Waals surface area (Å²) in [5.41, 5.74) is 3.78. The fraction of sp³-hybridized carbons (Fsp3) is 0.455. The second-order valence-corrected chi connectivity index (χ2v) is 15.3. The number of carboxylic acids is 2. The molecule has 4 N–H and O–H groups in total. The van der Waals surface area contributed by atoms with Gasteiger partial charge in [0.15, 0.2) is 9.84 Å². The Balaban J connectivity index is 0.000000564. The zero-order valence-corrected chi connectivity index (χ0v) is 29.3. The number of likely N-dealkylation sites (tertiary alicyclic amines) is 1. The molecule has 0 aliphatic carbocycles. The van der Waals surface area contributed by atoms with Crippen molar-refractivity contribution in [1.29, 1.82) is 0 Å². The number of sulfone groups is 1. The number of aliphatic carboxylic acids is 2. The summed E-state index contributed by atoms with van der Waals surface area (Å²) >= 11 is 0. The molecule has 3 aromatic rings. The van der Waals surface area contributed by atoms with E-state index in [-0.39, 0.29) is 22.5 Å². The molecule has 0 saturated carbocycles. The second-order valence-electron chi connectivity index (χ2n) is 13.3. The minimum atomic E-state index is -5.08. The van der Waals surface area contributed by atoms with Crippen LogP contribution in [0.4, 0.5) is 26.3 Å². The Hall–Kier alpha value is -4.49. The number of rotatable bonds is 9. The largest absolute Gasteiger partial charge is 0.490 e. The van der Waals surface area contributed by atoms with Crippen molar-refractivity contribution in [1.82, 2.24) is 15.4 Å². The highest BCUT2D eigenvalue weighted by atomic mass is 32.2. The van der Waals surface area contributed by atoms with Crippen LogP contribution in [0.5, 0.6) is 5.75 Å². The number of hydrogen-bond donors (Lipinski definition) is 4. The summed E-state index contributed by atoms with van der Waals surface area (Å²) in [6.07, 6.45) is -9.65. The van der Waals surface area contributed by atoms with Crippen molar-refractivity contribution in [3.8, 4) is 5.75 Å². The number of nitrogens with one attached hydrogen (secondary N) is 1. The van der Waals surface area contributed by atoms with Gasteiger partial charge in [-0.1, -0.05) is 39.0 Å². The number of hydroxylamine groups is 1. The molecule has 1 fully saturated rings. The number of nitrogens with zero attached hydrogens (tertiary/aromatic N) is 2. The first kappa shape index (κ1) is 43.7. The van der Waals surface area contributed by atoms with E-state index >= 15 is 0 Å². The second kappa shape index (κ2) is 17.4. The molecule has 2 heterocycles. The number of carbonyl (C=O) groups is 3. The number of halogens is 6. The topological polar surface area (TPSA) is 183 Å². The third-order valence-electron chi connectivity index (χ3n) is 7.36. The highest BCUT2D eigenvalue weighted by Gasteiger charge is 2.44. The van der Waals surface area contributed by atoms with Crippen LogP contribution in [0.25, 0.3) is 10.9 Å². The van der Waals surface area contributed by atoms with E-state index < -0.39 is 45.5 Å². The van der Waals surface area contributed by atoms with Gasteiger partial charge in [-0.05, 0) is 61.7 Å². The minimum absolute atomic E-state index is 0.0469. The van der Waals surface area contributed by atoms with E-state index in [1.807, 2.05) is 37.3 Å². The highest BCUT2D eigenvalue weighted by molar-refractivity contribution is 7.91. The number of fused-ring (bicyclic) bond motifs is 1. The molecule has 288 valence electrons. The summed E-state index contributed by atoms with van der Waals surface area (Å²) in [5, 5.41) is 24.4. The highest BCUT2D eigenvalue weighted by Crippen LogP contribution is 2.38. The molecule has 2 aromatic carbocycles. The van der Waals surface area contributed by atoms with Crippen molar-refractivity contribution >= 4 is 38.6 Å². The fourth-order valence-electron chi connectivity index (χ4n) is 5.43. The quantitative estimate of drug-likeness (QED) is 0.117. The van der Waals surface area contributed by atoms with E-state index in [1.54, 1.807) is 29.7 Å². The number of carboxylic acid groups (broad SMARTS) is 2. The maximum Gasteiger partial charge on any atom is 0.490 e. The number of aryl methyl sites for hydroxylation is 1. The third-order valence-corrected chi connectivity index (χ3v) is 9.35. The Morgan fingerprint density at radius 2 is 1.48 bits per heavy atom. The molecule has 52 heavy (non-hydrogen) atoms. The van der Waals surface area contributed by atoms with Gasteiger partial charge in [-0.15, -0.1) is 0 Å². The zero-order valence-electron chi connectivity index (χ0n) is 28.5. The van der Waals surface area contributed by atoms with Crippen LogP contribution in [0.2, 0.25) is 0 Å². The Labute approximate surface area is 295 Å². The van der Waals surface area contributed by atoms with Gasteiger partial charge in [0.2, 0.25) is 5.91 Å². The van der Waals surface area contributed by atoms with E-state index in [4.69, 9.17) is 29.7 Å². The monoisotopic (exact) mass is 767 g/mol. The van der Waals surface area contributed by atoms with Crippen LogP contribution in [0, 0.1) is 17.8 Å². The maximum absolute atomic E-state index is 13.5. The van der Waals surface area contributed by atoms with Crippen LogP contribution in [-0.4, -0.2) is 89.3 Å². The van der Waals surface area contributed by atoms with Crippen molar-refractivity contribution < 1.29 is 69.3 Å². The molecule has 1 aliphatic heterocycles. The molecular weight excluding hydrogens is 728 g/mol. The number of amides is 1. The van der Waals surface area contributed by atoms with Gasteiger partial charge in [0.05, 0.1) is 16.2 Å². The van der Waals surface area contributed by atoms with Gasteiger partial charge in [0, 0.05) is 41.6 Å². The van der Waals surface area contributed by atoms with Gasteiger partial charge in [-0.25, -0.2) is 23.5 Å². The summed E-state index contributed by atoms with van der Waals surface area (Å²) in [5.74, 6) is -5.69. The van der Waals surface area contributed by atoms with E-state index in [0.29, 0.717) is 31.9 Å². The lowest BCUT2D eigenvalue weighted by atomic mass is 9.85. The van der Waals surface area contributed by atoms with Crippen molar-refractivity contribution in [2.45, 2.75) is 64.4 Å². The van der Waals surface area contributed by atoms with Gasteiger partial charge in [0.1, 0.15) is 12.4 Å². The molecule has 0 radical (unpaired) electrons. The predicted octanol–water partition coefficient (Wildman–Crippen LogP) is 5.80. The molecule has 1 atom stereocenters. The Morgan fingerprint density at radius 1 is 0.942 bits per heavy atom. The lowest BCUT2D eigenvalue weighted by molar-refractivity contribution is -0.193. The lowest BCUT2D eigenvalue weighted by Crippen LogP contribution is -2.40. The molecule has 1 unspecified atom stereocenters. The van der Waals surface area contributed by atoms with E-state index in [2.05, 4.69) is 30.7 Å². The van der Waals surface area contributed by atoms with Crippen molar-refractivity contribution in [2.75, 3.05) is 25.4 Å². The average molecular weight is 768 g/mol. The summed E-state index contributed by atoms with van der Waals surface area (Å²) in [4.78, 5) is 36.9. The van der Waals surface area contributed by atoms with E-state index in [1.165, 1.54) is 0 Å². The minimum Gasteiger partial charge on any atom is -0.489 e. The summed E-state index contributed by atoms with van der Waals surface area (Å²) in [6.45, 7) is 10.7. The SMILES string of the molecule is Cc1cc(COc2ccc(S(=O)(=O)CC3(CC(=O)NO)CCN(CC(C)(C)C)C3)cc2)c2ccccc2n1.O=C(O)C(F)(F)F.O=C(O)C(F)(F)F. The number of alkyl halides is 6. The van der Waals surface area contributed by atoms with E-state index in [9.17, 15) is 39.6 Å². The number of pyridine rings is 1. The molecule has 1 aromatic heterocycles. The summed E-state index contributed by atoms with van der Waals surface area (Å²) < 4.78 is 96.4. The van der Waals surface area contributed by atoms with Crippen molar-refractivity contribution in [2.24, 2.45) is 10.8 Å². The maximum atomic E-state index is 13.5. The van der Waals surface area contributed by atoms with Gasteiger partial charge in [-0.2, -0.15) is 26.3 Å². The molecule has 1 aliphatic rings. The number of carbonyl (C=O) groups excluding carboxylic acids is 1. The van der Waals surface area contributed by atoms with E-state index in [0.717, 1.165) is 28.7 Å². The lowest BCUT2D eigenvalue weighted by Gasteiger charge is -2.31. The molecule has 0 bridgehead atoms. The summed E-state index contributed by atoms with van der Waals surface area (Å²) in [6, 6.07) is 16.3. The summed E-state index contributed by atoms with van der Waals surface area (Å²) in [7, 11) is -3.69. The third kappa shape index (κ3) is 13.9. The first-order chi connectivity index (χ1) is 23.8. The van der Waals surface area contributed by atoms with Gasteiger partial charge >= 0.3 is 24.3 Å². The molecule has 4 rings (SSSR count). The van der Waals surface area contributed by atoms with Gasteiger partial charge < -0.3 is 19.8 Å². The number of hydrogen-bond acceptors (Lipinski definition) is 9. The molecule has 0 spiro atoms.